The maximum Gasteiger partial charge on any atom is 0.303 e. The Labute approximate surface area is 351 Å². The van der Waals surface area contributed by atoms with E-state index in [9.17, 15) is 30.0 Å². The van der Waals surface area contributed by atoms with Crippen LogP contribution in [0.5, 0.6) is 0 Å². The normalized spacial score (nSPS) is 50.6. The third-order valence-electron chi connectivity index (χ3n) is 21.3. The first-order valence-corrected chi connectivity index (χ1v) is 24.6. The number of nitrogens with one attached hydrogen (secondary N) is 1. The summed E-state index contributed by atoms with van der Waals surface area (Å²) < 4.78 is 6.45. The third-order valence-corrected chi connectivity index (χ3v) is 21.3. The number of carbonyl (C=O) groups excluding carboxylic acids is 1. The summed E-state index contributed by atoms with van der Waals surface area (Å²) in [6.45, 7) is 15.5. The molecular weight excluding hydrogens is 727 g/mol. The van der Waals surface area contributed by atoms with Crippen molar-refractivity contribution >= 4 is 11.9 Å². The number of carbonyl (C=O) groups is 2. The van der Waals surface area contributed by atoms with E-state index in [1.165, 1.54) is 44.9 Å². The molecule has 8 heteroatoms. The fourth-order valence-corrected chi connectivity index (χ4v) is 18.1. The second-order valence-electron chi connectivity index (χ2n) is 23.5. The van der Waals surface area contributed by atoms with Gasteiger partial charge >= 0.3 is 5.97 Å². The van der Waals surface area contributed by atoms with Gasteiger partial charge in [-0.2, -0.15) is 0 Å². The molecule has 0 unspecified atom stereocenters. The van der Waals surface area contributed by atoms with E-state index < -0.39 is 12.1 Å². The first kappa shape index (κ1) is 43.4. The number of hydrogen-bond donors (Lipinski definition) is 5. The van der Waals surface area contributed by atoms with E-state index in [2.05, 4.69) is 46.9 Å². The lowest BCUT2D eigenvalue weighted by molar-refractivity contribution is -0.209. The molecule has 0 heterocycles. The summed E-state index contributed by atoms with van der Waals surface area (Å²) >= 11 is 0. The predicted molar refractivity (Wildman–Crippen MR) is 226 cm³/mol. The average Bonchev–Trinajstić information content (AvgIpc) is 3.73. The second-order valence-corrected chi connectivity index (χ2v) is 23.5. The molecule has 0 aromatic carbocycles. The Morgan fingerprint density at radius 3 is 2.10 bits per heavy atom. The first-order chi connectivity index (χ1) is 27.5. The Balaban J connectivity index is 0.778. The monoisotopic (exact) mass is 810 g/mol. The summed E-state index contributed by atoms with van der Waals surface area (Å²) in [6, 6.07) is 0. The van der Waals surface area contributed by atoms with Crippen LogP contribution < -0.4 is 5.32 Å². The van der Waals surface area contributed by atoms with E-state index in [-0.39, 0.29) is 71.1 Å². The molecule has 0 radical (unpaired) electrons. The standard InChI is InChI=1S/C50H83NO7/c1-29(36-11-13-38-35-10-9-31-25-33(52)17-20-47(31,3)39(35)19-22-49(36,38)5)7-15-44(55)51-23-24-58-34-18-21-48(4)32(26-34)27-42(53)46-40-14-12-37(30(2)8-16-45(56)57)50(40,6)43(54)28-41(46)48/h29-43,46,52-54H,7-28H2,1-6H3,(H,51,55)(H,56,57)/t29-,30-,31-,32+,33-,34+,35+,36-,37-,38+,39+,40+,41+,42-,43+,46+,47+,48+,49-,50-/m1/s1. The number of carboxylic acids is 1. The molecule has 0 bridgehead atoms. The molecule has 8 aliphatic rings. The molecule has 330 valence electrons. The molecule has 58 heavy (non-hydrogen) atoms. The summed E-state index contributed by atoms with van der Waals surface area (Å²) in [4.78, 5) is 24.5. The fraction of sp³-hybridized carbons (Fsp3) is 0.960. The maximum atomic E-state index is 13.1. The van der Waals surface area contributed by atoms with Crippen LogP contribution in [0.25, 0.3) is 0 Å². The van der Waals surface area contributed by atoms with Gasteiger partial charge in [0.15, 0.2) is 0 Å². The topological polar surface area (TPSA) is 136 Å². The SMILES string of the molecule is C[C@H](CCC(=O)NCCO[C@H]1CC[C@@]2(C)[C@@H](C1)C[C@@H](O)[C@@H]1[C@@H]2C[C@H](O)[C@]2(C)[C@@H]([C@H](C)CCC(=O)O)CC[C@@H]12)[C@H]1CC[C@H]2[C@@H]3CC[C@@H]4C[C@H](O)CC[C@]4(C)[C@H]3CC[C@]12C. The highest BCUT2D eigenvalue weighted by Crippen LogP contribution is 2.70. The highest BCUT2D eigenvalue weighted by Gasteiger charge is 2.66. The molecule has 0 aromatic heterocycles. The van der Waals surface area contributed by atoms with Gasteiger partial charge in [-0.1, -0.05) is 41.5 Å². The van der Waals surface area contributed by atoms with Crippen molar-refractivity contribution in [1.82, 2.24) is 5.32 Å². The summed E-state index contributed by atoms with van der Waals surface area (Å²) in [5.41, 5.74) is 0.609. The van der Waals surface area contributed by atoms with E-state index in [4.69, 9.17) is 4.74 Å². The van der Waals surface area contributed by atoms with Crippen molar-refractivity contribution in [2.45, 2.75) is 194 Å². The van der Waals surface area contributed by atoms with Crippen LogP contribution in [0.1, 0.15) is 170 Å². The van der Waals surface area contributed by atoms with Crippen LogP contribution in [-0.4, -0.2) is 69.9 Å². The smallest absolute Gasteiger partial charge is 0.303 e. The zero-order valence-electron chi connectivity index (χ0n) is 37.3. The first-order valence-electron chi connectivity index (χ1n) is 24.6. The van der Waals surface area contributed by atoms with Crippen molar-refractivity contribution in [3.8, 4) is 0 Å². The molecule has 0 saturated heterocycles. The van der Waals surface area contributed by atoms with Gasteiger partial charge in [0.2, 0.25) is 5.91 Å². The minimum absolute atomic E-state index is 0.0667. The Morgan fingerprint density at radius 1 is 0.672 bits per heavy atom. The van der Waals surface area contributed by atoms with Gasteiger partial charge in [0, 0.05) is 19.4 Å². The molecule has 20 atom stereocenters. The van der Waals surface area contributed by atoms with Gasteiger partial charge in [-0.05, 0) is 208 Å². The van der Waals surface area contributed by atoms with Crippen LogP contribution in [-0.2, 0) is 14.3 Å². The number of aliphatic hydroxyl groups excluding tert-OH is 3. The zero-order valence-corrected chi connectivity index (χ0v) is 37.3. The van der Waals surface area contributed by atoms with Gasteiger partial charge in [-0.3, -0.25) is 9.59 Å². The number of amides is 1. The second kappa shape index (κ2) is 16.5. The Hall–Kier alpha value is -1.22. The molecule has 5 N–H and O–H groups in total. The maximum absolute atomic E-state index is 13.1. The summed E-state index contributed by atoms with van der Waals surface area (Å²) in [5.74, 6) is 5.49. The number of carboxylic acid groups (broad SMARTS) is 1. The number of aliphatic carboxylic acids is 1. The van der Waals surface area contributed by atoms with Gasteiger partial charge in [0.25, 0.3) is 0 Å². The highest BCUT2D eigenvalue weighted by molar-refractivity contribution is 5.75. The minimum Gasteiger partial charge on any atom is -0.481 e. The van der Waals surface area contributed by atoms with Crippen LogP contribution >= 0.6 is 0 Å². The lowest BCUT2D eigenvalue weighted by atomic mass is 9.43. The van der Waals surface area contributed by atoms with Crippen LogP contribution in [0.2, 0.25) is 0 Å². The molecule has 8 nitrogen and oxygen atoms in total. The molecule has 0 aromatic rings. The third kappa shape index (κ3) is 7.35. The molecule has 0 aliphatic heterocycles. The van der Waals surface area contributed by atoms with Gasteiger partial charge in [-0.15, -0.1) is 0 Å². The highest BCUT2D eigenvalue weighted by atomic mass is 16.5. The van der Waals surface area contributed by atoms with Gasteiger partial charge in [0.1, 0.15) is 0 Å². The van der Waals surface area contributed by atoms with Gasteiger partial charge in [0.05, 0.1) is 31.0 Å². The number of rotatable bonds is 12. The quantitative estimate of drug-likeness (QED) is 0.124. The van der Waals surface area contributed by atoms with Crippen molar-refractivity contribution in [3.63, 3.8) is 0 Å². The number of aliphatic hydroxyl groups is 3. The molecule has 8 saturated carbocycles. The lowest BCUT2D eigenvalue weighted by Gasteiger charge is -2.63. The zero-order chi connectivity index (χ0) is 41.4. The number of ether oxygens (including phenoxy) is 1. The van der Waals surface area contributed by atoms with Crippen molar-refractivity contribution in [2.75, 3.05) is 13.2 Å². The molecule has 8 aliphatic carbocycles. The number of fused-ring (bicyclic) bond motifs is 10. The van der Waals surface area contributed by atoms with E-state index in [0.29, 0.717) is 60.5 Å². The average molecular weight is 810 g/mol. The molecule has 8 rings (SSSR count). The predicted octanol–water partition coefficient (Wildman–Crippen LogP) is 9.03. The Morgan fingerprint density at radius 2 is 1.33 bits per heavy atom. The fourth-order valence-electron chi connectivity index (χ4n) is 18.1. The number of hydrogen-bond acceptors (Lipinski definition) is 6. The van der Waals surface area contributed by atoms with Crippen LogP contribution in [0.15, 0.2) is 0 Å². The van der Waals surface area contributed by atoms with E-state index in [1.54, 1.807) is 0 Å². The Bertz CT molecular complexity index is 1490. The largest absolute Gasteiger partial charge is 0.481 e. The van der Waals surface area contributed by atoms with Crippen molar-refractivity contribution in [3.05, 3.63) is 0 Å². The van der Waals surface area contributed by atoms with E-state index >= 15 is 0 Å². The lowest BCUT2D eigenvalue weighted by Crippen LogP contribution is -2.62. The van der Waals surface area contributed by atoms with E-state index in [1.807, 2.05) is 0 Å². The minimum atomic E-state index is -0.750. The summed E-state index contributed by atoms with van der Waals surface area (Å²) in [6.07, 6.45) is 19.4. The molecule has 8 fully saturated rings. The summed E-state index contributed by atoms with van der Waals surface area (Å²) in [7, 11) is 0. The van der Waals surface area contributed by atoms with Crippen molar-refractivity contribution in [1.29, 1.82) is 0 Å². The molecular formula is C50H83NO7. The van der Waals surface area contributed by atoms with Gasteiger partial charge < -0.3 is 30.5 Å². The van der Waals surface area contributed by atoms with Crippen LogP contribution in [0, 0.1) is 92.7 Å². The van der Waals surface area contributed by atoms with Crippen LogP contribution in [0.4, 0.5) is 0 Å². The van der Waals surface area contributed by atoms with E-state index in [0.717, 1.165) is 82.0 Å². The van der Waals surface area contributed by atoms with Crippen LogP contribution in [0.3, 0.4) is 0 Å². The van der Waals surface area contributed by atoms with Gasteiger partial charge in [-0.25, -0.2) is 0 Å². The summed E-state index contributed by atoms with van der Waals surface area (Å²) in [5, 5.41) is 46.7. The van der Waals surface area contributed by atoms with Crippen molar-refractivity contribution < 1.29 is 34.8 Å². The van der Waals surface area contributed by atoms with Crippen molar-refractivity contribution in [2.24, 2.45) is 92.7 Å². The molecule has 0 spiro atoms. The molecule has 1 amide bonds. The Kier molecular flexibility index (Phi) is 12.3.